The summed E-state index contributed by atoms with van der Waals surface area (Å²) in [6.07, 6.45) is 10.5. The zero-order valence-electron chi connectivity index (χ0n) is 21.3. The third-order valence-electron chi connectivity index (χ3n) is 7.83. The van der Waals surface area contributed by atoms with Crippen LogP contribution in [0.4, 0.5) is 5.69 Å². The molecule has 3 aromatic rings. The first-order valence-electron chi connectivity index (χ1n) is 13.3. The minimum Gasteiger partial charge on any atom is -0.385 e. The Kier molecular flexibility index (Phi) is 6.41. The predicted molar refractivity (Wildman–Crippen MR) is 141 cm³/mol. The summed E-state index contributed by atoms with van der Waals surface area (Å²) in [5.41, 5.74) is 8.74. The molecule has 11 heteroatoms. The topological polar surface area (TPSA) is 153 Å². The number of anilines is 1. The van der Waals surface area contributed by atoms with Gasteiger partial charge in [-0.1, -0.05) is 0 Å². The Labute approximate surface area is 224 Å². The number of benzene rings is 1. The summed E-state index contributed by atoms with van der Waals surface area (Å²) in [5.74, 6) is -0.296. The Morgan fingerprint density at radius 1 is 1.10 bits per heavy atom. The number of nitrogens with zero attached hydrogens (tertiary/aromatic N) is 5. The lowest BCUT2D eigenvalue weighted by molar-refractivity contribution is -0.122. The summed E-state index contributed by atoms with van der Waals surface area (Å²) in [7, 11) is 0. The van der Waals surface area contributed by atoms with Crippen LogP contribution in [-0.4, -0.2) is 61.2 Å². The molecule has 11 nitrogen and oxygen atoms in total. The fourth-order valence-corrected chi connectivity index (χ4v) is 5.48. The van der Waals surface area contributed by atoms with E-state index in [9.17, 15) is 19.2 Å². The number of primary amides is 1. The smallest absolute Gasteiger partial charge is 0.262 e. The maximum absolute atomic E-state index is 13.0. The fourth-order valence-electron chi connectivity index (χ4n) is 5.48. The molecule has 1 atom stereocenters. The number of fused-ring (bicyclic) bond motifs is 1. The van der Waals surface area contributed by atoms with Crippen LogP contribution in [-0.2, 0) is 9.59 Å². The Hall–Kier alpha value is -4.41. The quantitative estimate of drug-likeness (QED) is 0.285. The van der Waals surface area contributed by atoms with Gasteiger partial charge in [-0.25, -0.2) is 9.97 Å². The highest BCUT2D eigenvalue weighted by Crippen LogP contribution is 2.45. The number of imide groups is 1. The van der Waals surface area contributed by atoms with Crippen LogP contribution in [0.15, 0.2) is 42.9 Å². The molecule has 3 N–H and O–H groups in total. The largest absolute Gasteiger partial charge is 0.385 e. The van der Waals surface area contributed by atoms with Crippen LogP contribution in [0.25, 0.3) is 11.4 Å². The highest BCUT2D eigenvalue weighted by Gasteiger charge is 2.42. The van der Waals surface area contributed by atoms with Gasteiger partial charge in [0.1, 0.15) is 12.3 Å². The summed E-state index contributed by atoms with van der Waals surface area (Å²) in [6.45, 7) is 0.718. The van der Waals surface area contributed by atoms with E-state index >= 15 is 0 Å². The van der Waals surface area contributed by atoms with E-state index in [1.165, 1.54) is 0 Å². The molecule has 0 spiro atoms. The van der Waals surface area contributed by atoms with Gasteiger partial charge in [-0.15, -0.1) is 0 Å². The second-order valence-electron chi connectivity index (χ2n) is 10.5. The van der Waals surface area contributed by atoms with Crippen molar-refractivity contribution < 1.29 is 19.2 Å². The maximum atomic E-state index is 13.0. The molecule has 0 saturated heterocycles. The molecule has 2 aromatic heterocycles. The first-order valence-corrected chi connectivity index (χ1v) is 13.3. The summed E-state index contributed by atoms with van der Waals surface area (Å²) in [4.78, 5) is 58.3. The van der Waals surface area contributed by atoms with Gasteiger partial charge in [0.05, 0.1) is 28.4 Å². The number of carbonyl (C=O) groups excluding carboxylic acids is 4. The summed E-state index contributed by atoms with van der Waals surface area (Å²) in [6, 6.07) is 5.97. The Bertz CT molecular complexity index is 1440. The summed E-state index contributed by atoms with van der Waals surface area (Å²) < 4.78 is 2.07. The zero-order chi connectivity index (χ0) is 27.1. The van der Waals surface area contributed by atoms with E-state index in [0.717, 1.165) is 59.9 Å². The number of aromatic nitrogens is 4. The first-order chi connectivity index (χ1) is 18.9. The number of nitrogens with one attached hydrogen (secondary N) is 1. The van der Waals surface area contributed by atoms with E-state index in [2.05, 4.69) is 26.2 Å². The number of hydrogen-bond acceptors (Lipinski definition) is 8. The van der Waals surface area contributed by atoms with Crippen molar-refractivity contribution in [2.75, 3.05) is 11.9 Å². The molecule has 200 valence electrons. The van der Waals surface area contributed by atoms with Gasteiger partial charge in [0.25, 0.3) is 11.8 Å². The lowest BCUT2D eigenvalue weighted by atomic mass is 9.80. The average molecular weight is 528 g/mol. The molecule has 3 aliphatic rings. The van der Waals surface area contributed by atoms with Gasteiger partial charge in [-0.2, -0.15) is 5.10 Å². The standard InChI is InChI=1S/C28H29N7O4/c29-25(37)23(3-1-10-36)35-27(38)20-7-6-18(13-21(20)28(35)39)32-14-16-11-19(12-16)34-15-22(24(33-34)17-4-5-17)26-30-8-2-9-31-26/h2,6-10,13,15-17,19,23,32H,1,3-5,11-12,14H2,(H2,29,37). The molecule has 3 amide bonds. The van der Waals surface area contributed by atoms with Crippen molar-refractivity contribution in [3.05, 3.63) is 59.7 Å². The van der Waals surface area contributed by atoms with Crippen LogP contribution in [0.3, 0.4) is 0 Å². The average Bonchev–Trinajstić information content (AvgIpc) is 3.63. The van der Waals surface area contributed by atoms with E-state index in [-0.39, 0.29) is 24.0 Å². The van der Waals surface area contributed by atoms with Crippen LogP contribution in [0.2, 0.25) is 0 Å². The third kappa shape index (κ3) is 4.68. The molecule has 1 aliphatic heterocycles. The highest BCUT2D eigenvalue weighted by molar-refractivity contribution is 6.23. The zero-order valence-corrected chi connectivity index (χ0v) is 21.3. The Morgan fingerprint density at radius 2 is 1.85 bits per heavy atom. The lowest BCUT2D eigenvalue weighted by Crippen LogP contribution is -2.47. The molecule has 2 aliphatic carbocycles. The number of amides is 3. The number of nitrogens with two attached hydrogens (primary N) is 1. The Morgan fingerprint density at radius 3 is 2.54 bits per heavy atom. The monoisotopic (exact) mass is 527 g/mol. The van der Waals surface area contributed by atoms with Crippen molar-refractivity contribution in [3.63, 3.8) is 0 Å². The van der Waals surface area contributed by atoms with E-state index in [1.54, 1.807) is 30.6 Å². The van der Waals surface area contributed by atoms with E-state index in [4.69, 9.17) is 10.8 Å². The van der Waals surface area contributed by atoms with Gasteiger partial charge in [-0.05, 0) is 62.3 Å². The second-order valence-corrected chi connectivity index (χ2v) is 10.5. The normalized spacial score (nSPS) is 20.9. The SMILES string of the molecule is NC(=O)C(CCC=O)N1C(=O)c2ccc(NCC3CC(n4cc(-c5ncccn5)c(C5CC5)n4)C3)cc2C1=O. The first kappa shape index (κ1) is 24.9. The molecule has 3 heterocycles. The van der Waals surface area contributed by atoms with Gasteiger partial charge in [0, 0.05) is 43.2 Å². The van der Waals surface area contributed by atoms with Gasteiger partial charge in [-0.3, -0.25) is 24.0 Å². The second kappa shape index (κ2) is 10.0. The molecule has 39 heavy (non-hydrogen) atoms. The molecule has 0 bridgehead atoms. The summed E-state index contributed by atoms with van der Waals surface area (Å²) in [5, 5.41) is 8.31. The van der Waals surface area contributed by atoms with Gasteiger partial charge >= 0.3 is 0 Å². The molecule has 1 unspecified atom stereocenters. The number of rotatable bonds is 11. The van der Waals surface area contributed by atoms with Crippen molar-refractivity contribution >= 4 is 29.7 Å². The van der Waals surface area contributed by atoms with Crippen LogP contribution in [0, 0.1) is 5.92 Å². The van der Waals surface area contributed by atoms with Crippen molar-refractivity contribution in [3.8, 4) is 11.4 Å². The summed E-state index contributed by atoms with van der Waals surface area (Å²) >= 11 is 0. The van der Waals surface area contributed by atoms with Crippen LogP contribution in [0.5, 0.6) is 0 Å². The van der Waals surface area contributed by atoms with Crippen LogP contribution in [0.1, 0.15) is 76.9 Å². The molecular weight excluding hydrogens is 498 g/mol. The van der Waals surface area contributed by atoms with Gasteiger partial charge < -0.3 is 15.8 Å². The molecule has 6 rings (SSSR count). The van der Waals surface area contributed by atoms with Crippen LogP contribution >= 0.6 is 0 Å². The Balaban J connectivity index is 1.08. The van der Waals surface area contributed by atoms with E-state index in [1.807, 2.05) is 6.07 Å². The molecule has 2 fully saturated rings. The number of carbonyl (C=O) groups is 4. The van der Waals surface area contributed by atoms with E-state index < -0.39 is 23.8 Å². The van der Waals surface area contributed by atoms with Crippen molar-refractivity contribution in [1.82, 2.24) is 24.6 Å². The molecule has 0 radical (unpaired) electrons. The maximum Gasteiger partial charge on any atom is 0.262 e. The molecular formula is C28H29N7O4. The number of aldehydes is 1. The van der Waals surface area contributed by atoms with Crippen LogP contribution < -0.4 is 11.1 Å². The van der Waals surface area contributed by atoms with Gasteiger partial charge in [0.2, 0.25) is 5.91 Å². The van der Waals surface area contributed by atoms with Crippen molar-refractivity contribution in [2.45, 2.75) is 56.5 Å². The highest BCUT2D eigenvalue weighted by atomic mass is 16.2. The van der Waals surface area contributed by atoms with Gasteiger partial charge in [0.15, 0.2) is 5.82 Å². The minimum atomic E-state index is -1.15. The number of hydrogen-bond donors (Lipinski definition) is 2. The molecule has 2 saturated carbocycles. The lowest BCUT2D eigenvalue weighted by Gasteiger charge is -2.35. The third-order valence-corrected chi connectivity index (χ3v) is 7.83. The predicted octanol–water partition coefficient (Wildman–Crippen LogP) is 2.71. The fraction of sp³-hybridized carbons (Fsp3) is 0.393. The minimum absolute atomic E-state index is 0.0104. The van der Waals surface area contributed by atoms with Crippen molar-refractivity contribution in [2.24, 2.45) is 11.7 Å². The van der Waals surface area contributed by atoms with Crippen molar-refractivity contribution in [1.29, 1.82) is 0 Å². The van der Waals surface area contributed by atoms with E-state index in [0.29, 0.717) is 24.2 Å². The molecule has 1 aromatic carbocycles.